The molecule has 0 saturated heterocycles. The van der Waals surface area contributed by atoms with Crippen LogP contribution in [0.3, 0.4) is 0 Å². The quantitative estimate of drug-likeness (QED) is 0.829. The fourth-order valence-corrected chi connectivity index (χ4v) is 1.72. The van der Waals surface area contributed by atoms with Crippen molar-refractivity contribution in [3.63, 3.8) is 0 Å². The SMILES string of the molecule is CC(N)C(C)(CCO)c1ccc(F)c(F)c1. The van der Waals surface area contributed by atoms with Gasteiger partial charge in [-0.2, -0.15) is 0 Å². The summed E-state index contributed by atoms with van der Waals surface area (Å²) in [5.74, 6) is -1.76. The summed E-state index contributed by atoms with van der Waals surface area (Å²) in [6.45, 7) is 3.58. The summed E-state index contributed by atoms with van der Waals surface area (Å²) in [4.78, 5) is 0. The number of benzene rings is 1. The lowest BCUT2D eigenvalue weighted by atomic mass is 9.74. The molecule has 0 aliphatic rings. The molecule has 1 rings (SSSR count). The molecule has 0 fully saturated rings. The maximum Gasteiger partial charge on any atom is 0.159 e. The maximum atomic E-state index is 13.1. The van der Waals surface area contributed by atoms with Crippen molar-refractivity contribution in [1.82, 2.24) is 0 Å². The van der Waals surface area contributed by atoms with Crippen LogP contribution in [-0.4, -0.2) is 17.8 Å². The minimum atomic E-state index is -0.887. The van der Waals surface area contributed by atoms with E-state index >= 15 is 0 Å². The van der Waals surface area contributed by atoms with Gasteiger partial charge in [-0.3, -0.25) is 0 Å². The van der Waals surface area contributed by atoms with Crippen LogP contribution in [0.2, 0.25) is 0 Å². The molecule has 0 spiro atoms. The number of hydrogen-bond acceptors (Lipinski definition) is 2. The Morgan fingerprint density at radius 1 is 1.38 bits per heavy atom. The summed E-state index contributed by atoms with van der Waals surface area (Å²) in [5, 5.41) is 9.01. The monoisotopic (exact) mass is 229 g/mol. The molecular weight excluding hydrogens is 212 g/mol. The number of aliphatic hydroxyl groups is 1. The largest absolute Gasteiger partial charge is 0.396 e. The van der Waals surface area contributed by atoms with Gasteiger partial charge in [0.15, 0.2) is 11.6 Å². The van der Waals surface area contributed by atoms with Gasteiger partial charge < -0.3 is 10.8 Å². The van der Waals surface area contributed by atoms with Crippen LogP contribution in [0.5, 0.6) is 0 Å². The predicted molar refractivity (Wildman–Crippen MR) is 59.1 cm³/mol. The normalized spacial score (nSPS) is 16.9. The van der Waals surface area contributed by atoms with Gasteiger partial charge in [0.2, 0.25) is 0 Å². The van der Waals surface area contributed by atoms with Crippen molar-refractivity contribution in [2.75, 3.05) is 6.61 Å². The zero-order chi connectivity index (χ0) is 12.3. The topological polar surface area (TPSA) is 46.2 Å². The molecule has 0 aliphatic carbocycles. The molecule has 4 heteroatoms. The van der Waals surface area contributed by atoms with E-state index in [0.29, 0.717) is 12.0 Å². The van der Waals surface area contributed by atoms with E-state index in [1.807, 2.05) is 6.92 Å². The van der Waals surface area contributed by atoms with Gasteiger partial charge in [0.1, 0.15) is 0 Å². The summed E-state index contributed by atoms with van der Waals surface area (Å²) in [5.41, 5.74) is 5.90. The summed E-state index contributed by atoms with van der Waals surface area (Å²) < 4.78 is 26.0. The van der Waals surface area contributed by atoms with Crippen LogP contribution < -0.4 is 5.73 Å². The van der Waals surface area contributed by atoms with E-state index in [1.54, 1.807) is 6.92 Å². The second kappa shape index (κ2) is 4.89. The Bertz CT molecular complexity index is 368. The van der Waals surface area contributed by atoms with Crippen molar-refractivity contribution in [3.8, 4) is 0 Å². The van der Waals surface area contributed by atoms with E-state index < -0.39 is 17.0 Å². The van der Waals surface area contributed by atoms with Crippen LogP contribution in [0.4, 0.5) is 8.78 Å². The molecule has 2 atom stereocenters. The highest BCUT2D eigenvalue weighted by Crippen LogP contribution is 2.31. The highest BCUT2D eigenvalue weighted by Gasteiger charge is 2.31. The smallest absolute Gasteiger partial charge is 0.159 e. The Morgan fingerprint density at radius 3 is 2.44 bits per heavy atom. The number of halogens is 2. The molecule has 0 aromatic heterocycles. The zero-order valence-corrected chi connectivity index (χ0v) is 9.50. The Balaban J connectivity index is 3.16. The van der Waals surface area contributed by atoms with Crippen LogP contribution in [0.25, 0.3) is 0 Å². The third-order valence-corrected chi connectivity index (χ3v) is 3.22. The molecule has 1 aromatic carbocycles. The van der Waals surface area contributed by atoms with Crippen LogP contribution in [0.1, 0.15) is 25.8 Å². The number of rotatable bonds is 4. The first kappa shape index (κ1) is 13.1. The minimum Gasteiger partial charge on any atom is -0.396 e. The van der Waals surface area contributed by atoms with E-state index in [-0.39, 0.29) is 12.6 Å². The van der Waals surface area contributed by atoms with Crippen molar-refractivity contribution in [1.29, 1.82) is 0 Å². The van der Waals surface area contributed by atoms with Gasteiger partial charge in [0.05, 0.1) is 0 Å². The maximum absolute atomic E-state index is 13.1. The fraction of sp³-hybridized carbons (Fsp3) is 0.500. The van der Waals surface area contributed by atoms with Gasteiger partial charge in [0.25, 0.3) is 0 Å². The summed E-state index contributed by atoms with van der Waals surface area (Å²) in [6.07, 6.45) is 0.412. The fourth-order valence-electron chi connectivity index (χ4n) is 1.72. The lowest BCUT2D eigenvalue weighted by molar-refractivity contribution is 0.229. The molecule has 0 bridgehead atoms. The molecule has 0 heterocycles. The van der Waals surface area contributed by atoms with Gasteiger partial charge in [-0.1, -0.05) is 13.0 Å². The lowest BCUT2D eigenvalue weighted by Crippen LogP contribution is -2.41. The van der Waals surface area contributed by atoms with Crippen molar-refractivity contribution in [2.24, 2.45) is 5.73 Å². The molecule has 2 unspecified atom stereocenters. The molecule has 90 valence electrons. The average Bonchev–Trinajstić information content (AvgIpc) is 2.22. The van der Waals surface area contributed by atoms with Gasteiger partial charge in [-0.15, -0.1) is 0 Å². The Morgan fingerprint density at radius 2 is 2.00 bits per heavy atom. The van der Waals surface area contributed by atoms with Gasteiger partial charge in [-0.05, 0) is 31.0 Å². The highest BCUT2D eigenvalue weighted by molar-refractivity contribution is 5.28. The van der Waals surface area contributed by atoms with Crippen LogP contribution in [0.15, 0.2) is 18.2 Å². The molecule has 0 radical (unpaired) electrons. The molecule has 16 heavy (non-hydrogen) atoms. The first-order valence-corrected chi connectivity index (χ1v) is 5.24. The van der Waals surface area contributed by atoms with E-state index in [4.69, 9.17) is 10.8 Å². The molecule has 3 N–H and O–H groups in total. The average molecular weight is 229 g/mol. The molecule has 0 amide bonds. The first-order valence-electron chi connectivity index (χ1n) is 5.24. The van der Waals surface area contributed by atoms with E-state index in [2.05, 4.69) is 0 Å². The Kier molecular flexibility index (Phi) is 3.99. The van der Waals surface area contributed by atoms with Crippen molar-refractivity contribution in [2.45, 2.75) is 31.7 Å². The summed E-state index contributed by atoms with van der Waals surface area (Å²) in [6, 6.07) is 3.48. The van der Waals surface area contributed by atoms with Crippen LogP contribution in [0, 0.1) is 11.6 Å². The highest BCUT2D eigenvalue weighted by atomic mass is 19.2. The number of hydrogen-bond donors (Lipinski definition) is 2. The van der Waals surface area contributed by atoms with Crippen LogP contribution in [-0.2, 0) is 5.41 Å². The predicted octanol–water partition coefficient (Wildman–Crippen LogP) is 1.95. The van der Waals surface area contributed by atoms with Gasteiger partial charge >= 0.3 is 0 Å². The van der Waals surface area contributed by atoms with Crippen LogP contribution >= 0.6 is 0 Å². The van der Waals surface area contributed by atoms with E-state index in [0.717, 1.165) is 12.1 Å². The van der Waals surface area contributed by atoms with E-state index in [9.17, 15) is 8.78 Å². The lowest BCUT2D eigenvalue weighted by Gasteiger charge is -2.33. The number of nitrogens with two attached hydrogens (primary N) is 1. The molecule has 2 nitrogen and oxygen atoms in total. The van der Waals surface area contributed by atoms with E-state index in [1.165, 1.54) is 6.07 Å². The molecule has 1 aromatic rings. The summed E-state index contributed by atoms with van der Waals surface area (Å²) >= 11 is 0. The molecule has 0 aliphatic heterocycles. The van der Waals surface area contributed by atoms with Crippen molar-refractivity contribution < 1.29 is 13.9 Å². The van der Waals surface area contributed by atoms with Crippen molar-refractivity contribution in [3.05, 3.63) is 35.4 Å². The van der Waals surface area contributed by atoms with Crippen molar-refractivity contribution >= 4 is 0 Å². The molecule has 0 saturated carbocycles. The molecular formula is C12H17F2NO. The second-order valence-electron chi connectivity index (χ2n) is 4.31. The number of aliphatic hydroxyl groups excluding tert-OH is 1. The Labute approximate surface area is 94.1 Å². The summed E-state index contributed by atoms with van der Waals surface area (Å²) in [7, 11) is 0. The third-order valence-electron chi connectivity index (χ3n) is 3.22. The zero-order valence-electron chi connectivity index (χ0n) is 9.50. The minimum absolute atomic E-state index is 0.0446. The first-order chi connectivity index (χ1) is 7.41. The van der Waals surface area contributed by atoms with Gasteiger partial charge in [-0.25, -0.2) is 8.78 Å². The Hall–Kier alpha value is -1.00. The third kappa shape index (κ3) is 2.39. The van der Waals surface area contributed by atoms with Gasteiger partial charge in [0, 0.05) is 18.1 Å². The standard InChI is InChI=1S/C12H17F2NO/c1-8(15)12(2,5-6-16)9-3-4-10(13)11(14)7-9/h3-4,7-8,16H,5-6,15H2,1-2H3. The second-order valence-corrected chi connectivity index (χ2v) is 4.31.